The third kappa shape index (κ3) is 4.07. The zero-order chi connectivity index (χ0) is 21.3. The predicted molar refractivity (Wildman–Crippen MR) is 119 cm³/mol. The van der Waals surface area contributed by atoms with Crippen molar-refractivity contribution in [3.8, 4) is 0 Å². The Balaban J connectivity index is 1.47. The van der Waals surface area contributed by atoms with Crippen molar-refractivity contribution >= 4 is 45.8 Å². The molecule has 4 aromatic rings. The van der Waals surface area contributed by atoms with Gasteiger partial charge in [0.15, 0.2) is 5.76 Å². The Bertz CT molecular complexity index is 1240. The van der Waals surface area contributed by atoms with Gasteiger partial charge in [-0.25, -0.2) is 0 Å². The first-order valence-corrected chi connectivity index (χ1v) is 9.76. The molecule has 30 heavy (non-hydrogen) atoms. The van der Waals surface area contributed by atoms with Gasteiger partial charge in [-0.3, -0.25) is 9.59 Å². The highest BCUT2D eigenvalue weighted by molar-refractivity contribution is 6.31. The average Bonchev–Trinajstić information content (AvgIpc) is 3.16. The number of aryl methyl sites for hydroxylation is 2. The van der Waals surface area contributed by atoms with E-state index in [0.29, 0.717) is 27.5 Å². The number of furan rings is 1. The first-order chi connectivity index (χ1) is 14.4. The third-order valence-corrected chi connectivity index (χ3v) is 5.22. The number of anilines is 2. The van der Waals surface area contributed by atoms with E-state index in [-0.39, 0.29) is 17.6 Å². The molecule has 6 heteroatoms. The van der Waals surface area contributed by atoms with Crippen LogP contribution in [0.15, 0.2) is 71.1 Å². The number of carbonyl (C=O) groups is 2. The summed E-state index contributed by atoms with van der Waals surface area (Å²) in [6.07, 6.45) is 0. The summed E-state index contributed by atoms with van der Waals surface area (Å²) >= 11 is 6.10. The normalized spacial score (nSPS) is 10.8. The molecule has 5 nitrogen and oxygen atoms in total. The molecule has 0 fully saturated rings. The zero-order valence-corrected chi connectivity index (χ0v) is 17.2. The van der Waals surface area contributed by atoms with E-state index in [1.54, 1.807) is 42.5 Å². The van der Waals surface area contributed by atoms with E-state index in [1.807, 2.05) is 38.1 Å². The molecular formula is C24H19ClN2O3. The lowest BCUT2D eigenvalue weighted by Crippen LogP contribution is -2.14. The number of benzene rings is 3. The summed E-state index contributed by atoms with van der Waals surface area (Å²) in [4.78, 5) is 25.0. The molecule has 4 rings (SSSR count). The average molecular weight is 419 g/mol. The fourth-order valence-electron chi connectivity index (χ4n) is 3.10. The molecule has 0 aliphatic heterocycles. The summed E-state index contributed by atoms with van der Waals surface area (Å²) in [5.41, 5.74) is 4.11. The van der Waals surface area contributed by atoms with Gasteiger partial charge in [-0.1, -0.05) is 35.9 Å². The van der Waals surface area contributed by atoms with Crippen LogP contribution in [0.2, 0.25) is 5.02 Å². The monoisotopic (exact) mass is 418 g/mol. The van der Waals surface area contributed by atoms with Gasteiger partial charge in [0, 0.05) is 27.3 Å². The van der Waals surface area contributed by atoms with E-state index >= 15 is 0 Å². The van der Waals surface area contributed by atoms with Gasteiger partial charge in [-0.2, -0.15) is 0 Å². The Hall–Kier alpha value is -3.57. The van der Waals surface area contributed by atoms with Gasteiger partial charge in [-0.15, -0.1) is 0 Å². The Morgan fingerprint density at radius 3 is 2.37 bits per heavy atom. The SMILES string of the molecule is Cc1ccc(C(=O)Nc2ccc(NC(=O)c3cc4ccccc4o3)c(C)c2)cc1Cl. The summed E-state index contributed by atoms with van der Waals surface area (Å²) in [6.45, 7) is 3.73. The number of nitrogens with one attached hydrogen (secondary N) is 2. The van der Waals surface area contributed by atoms with Crippen molar-refractivity contribution in [2.24, 2.45) is 0 Å². The van der Waals surface area contributed by atoms with Crippen molar-refractivity contribution in [2.45, 2.75) is 13.8 Å². The van der Waals surface area contributed by atoms with Crippen molar-refractivity contribution in [3.63, 3.8) is 0 Å². The number of carbonyl (C=O) groups excluding carboxylic acids is 2. The number of hydrogen-bond donors (Lipinski definition) is 2. The van der Waals surface area contributed by atoms with E-state index < -0.39 is 0 Å². The number of rotatable bonds is 4. The second-order valence-corrected chi connectivity index (χ2v) is 7.46. The largest absolute Gasteiger partial charge is 0.451 e. The standard InChI is InChI=1S/C24H19ClN2O3/c1-14-7-8-17(12-19(14)25)23(28)26-18-9-10-20(15(2)11-18)27-24(29)22-13-16-5-3-4-6-21(16)30-22/h3-13H,1-2H3,(H,26,28)(H,27,29). The Morgan fingerprint density at radius 2 is 1.63 bits per heavy atom. The number of amides is 2. The van der Waals surface area contributed by atoms with E-state index in [9.17, 15) is 9.59 Å². The number of hydrogen-bond acceptors (Lipinski definition) is 3. The van der Waals surface area contributed by atoms with E-state index in [4.69, 9.17) is 16.0 Å². The predicted octanol–water partition coefficient (Wildman–Crippen LogP) is 6.21. The van der Waals surface area contributed by atoms with Crippen molar-refractivity contribution < 1.29 is 14.0 Å². The second kappa shape index (κ2) is 8.05. The van der Waals surface area contributed by atoms with Crippen LogP contribution in [0.3, 0.4) is 0 Å². The maximum Gasteiger partial charge on any atom is 0.291 e. The molecule has 150 valence electrons. The maximum absolute atomic E-state index is 12.6. The molecular weight excluding hydrogens is 400 g/mol. The lowest BCUT2D eigenvalue weighted by Gasteiger charge is -2.11. The van der Waals surface area contributed by atoms with E-state index in [2.05, 4.69) is 10.6 Å². The van der Waals surface area contributed by atoms with E-state index in [1.165, 1.54) is 0 Å². The summed E-state index contributed by atoms with van der Waals surface area (Å²) in [5.74, 6) is -0.347. The van der Waals surface area contributed by atoms with Crippen LogP contribution in [0, 0.1) is 13.8 Å². The van der Waals surface area contributed by atoms with Crippen molar-refractivity contribution in [1.82, 2.24) is 0 Å². The fraction of sp³-hybridized carbons (Fsp3) is 0.0833. The lowest BCUT2D eigenvalue weighted by molar-refractivity contribution is 0.0996. The summed E-state index contributed by atoms with van der Waals surface area (Å²) in [6, 6.07) is 19.6. The second-order valence-electron chi connectivity index (χ2n) is 7.05. The highest BCUT2D eigenvalue weighted by Crippen LogP contribution is 2.24. The van der Waals surface area contributed by atoms with Crippen LogP contribution in [0.1, 0.15) is 32.0 Å². The first kappa shape index (κ1) is 19.7. The quantitative estimate of drug-likeness (QED) is 0.414. The summed E-state index contributed by atoms with van der Waals surface area (Å²) in [7, 11) is 0. The molecule has 0 atom stereocenters. The minimum Gasteiger partial charge on any atom is -0.451 e. The van der Waals surface area contributed by atoms with Crippen molar-refractivity contribution in [1.29, 1.82) is 0 Å². The molecule has 3 aromatic carbocycles. The number of halogens is 1. The summed E-state index contributed by atoms with van der Waals surface area (Å²) < 4.78 is 5.61. The maximum atomic E-state index is 12.6. The first-order valence-electron chi connectivity index (χ1n) is 9.39. The molecule has 1 aromatic heterocycles. The lowest BCUT2D eigenvalue weighted by atomic mass is 10.1. The molecule has 1 heterocycles. The highest BCUT2D eigenvalue weighted by Gasteiger charge is 2.14. The number of fused-ring (bicyclic) bond motifs is 1. The van der Waals surface area contributed by atoms with Crippen LogP contribution >= 0.6 is 11.6 Å². The smallest absolute Gasteiger partial charge is 0.291 e. The van der Waals surface area contributed by atoms with Gasteiger partial charge in [0.05, 0.1) is 0 Å². The molecule has 0 aliphatic carbocycles. The molecule has 0 radical (unpaired) electrons. The highest BCUT2D eigenvalue weighted by atomic mass is 35.5. The van der Waals surface area contributed by atoms with Gasteiger partial charge in [0.2, 0.25) is 0 Å². The van der Waals surface area contributed by atoms with Gasteiger partial charge < -0.3 is 15.1 Å². The van der Waals surface area contributed by atoms with Gasteiger partial charge in [0.25, 0.3) is 11.8 Å². The van der Waals surface area contributed by atoms with Gasteiger partial charge in [0.1, 0.15) is 5.58 Å². The Morgan fingerprint density at radius 1 is 0.833 bits per heavy atom. The number of para-hydroxylation sites is 1. The van der Waals surface area contributed by atoms with Crippen molar-refractivity contribution in [3.05, 3.63) is 94.2 Å². The molecule has 2 amide bonds. The van der Waals surface area contributed by atoms with Crippen LogP contribution in [0.25, 0.3) is 11.0 Å². The van der Waals surface area contributed by atoms with Crippen molar-refractivity contribution in [2.75, 3.05) is 10.6 Å². The van der Waals surface area contributed by atoms with Crippen LogP contribution in [-0.2, 0) is 0 Å². The minimum absolute atomic E-state index is 0.240. The Kier molecular flexibility index (Phi) is 5.29. The molecule has 0 saturated heterocycles. The fourth-order valence-corrected chi connectivity index (χ4v) is 3.28. The molecule has 0 bridgehead atoms. The minimum atomic E-state index is -0.333. The third-order valence-electron chi connectivity index (χ3n) is 4.82. The molecule has 0 aliphatic rings. The molecule has 0 spiro atoms. The molecule has 0 saturated carbocycles. The molecule has 0 unspecified atom stereocenters. The zero-order valence-electron chi connectivity index (χ0n) is 16.5. The summed E-state index contributed by atoms with van der Waals surface area (Å²) in [5, 5.41) is 7.11. The van der Waals surface area contributed by atoms with Crippen LogP contribution in [-0.4, -0.2) is 11.8 Å². The van der Waals surface area contributed by atoms with E-state index in [0.717, 1.165) is 16.5 Å². The topological polar surface area (TPSA) is 71.3 Å². The Labute approximate surface area is 178 Å². The van der Waals surface area contributed by atoms with Crippen LogP contribution in [0.4, 0.5) is 11.4 Å². The van der Waals surface area contributed by atoms with Gasteiger partial charge >= 0.3 is 0 Å². The molecule has 2 N–H and O–H groups in total. The van der Waals surface area contributed by atoms with Crippen LogP contribution < -0.4 is 10.6 Å². The van der Waals surface area contributed by atoms with Crippen LogP contribution in [0.5, 0.6) is 0 Å². The van der Waals surface area contributed by atoms with Gasteiger partial charge in [-0.05, 0) is 67.4 Å².